The number of Topliss-reactive ketones (excluding diaryl/α,β-unsaturated/α-hetero) is 1. The molecular weight excluding hydrogens is 412 g/mol. The molecule has 1 nitrogen and oxygen atoms in total. The number of ketones is 1. The number of allylic oxidation sites excluding steroid dienone is 2. The molecule has 0 spiro atoms. The van der Waals surface area contributed by atoms with Gasteiger partial charge in [-0.1, -0.05) is 87.9 Å². The van der Waals surface area contributed by atoms with E-state index in [2.05, 4.69) is 81.4 Å². The Kier molecular flexibility index (Phi) is 8.46. The molecule has 2 unspecified atom stereocenters. The lowest BCUT2D eigenvalue weighted by atomic mass is 9.64. The van der Waals surface area contributed by atoms with Crippen molar-refractivity contribution in [1.29, 1.82) is 0 Å². The molecule has 2 atom stereocenters. The average molecular weight is 457 g/mol. The Morgan fingerprint density at radius 2 is 1.68 bits per heavy atom. The van der Waals surface area contributed by atoms with Gasteiger partial charge < -0.3 is 0 Å². The van der Waals surface area contributed by atoms with Crippen LogP contribution >= 0.6 is 0 Å². The SMILES string of the molecule is CCCC(CCCC(=O)CC1CCC(CC)(c2ccccc2)CC1)C1=CC(C)c2ccccc21. The summed E-state index contributed by atoms with van der Waals surface area (Å²) in [5.74, 6) is 2.20. The molecule has 1 heteroatoms. The molecule has 2 aromatic rings. The van der Waals surface area contributed by atoms with Gasteiger partial charge in [0.1, 0.15) is 5.78 Å². The molecule has 1 saturated carbocycles. The topological polar surface area (TPSA) is 17.1 Å². The van der Waals surface area contributed by atoms with E-state index in [1.165, 1.54) is 61.6 Å². The van der Waals surface area contributed by atoms with E-state index in [4.69, 9.17) is 0 Å². The van der Waals surface area contributed by atoms with Crippen LogP contribution in [0.2, 0.25) is 0 Å². The molecule has 182 valence electrons. The quantitative estimate of drug-likeness (QED) is 0.329. The van der Waals surface area contributed by atoms with E-state index in [-0.39, 0.29) is 0 Å². The second-order valence-corrected chi connectivity index (χ2v) is 11.1. The fourth-order valence-electron chi connectivity index (χ4n) is 6.81. The third-order valence-corrected chi connectivity index (χ3v) is 8.92. The van der Waals surface area contributed by atoms with Crippen molar-refractivity contribution >= 4 is 11.4 Å². The Morgan fingerprint density at radius 3 is 2.38 bits per heavy atom. The lowest BCUT2D eigenvalue weighted by Gasteiger charge is -2.40. The van der Waals surface area contributed by atoms with Gasteiger partial charge in [0.05, 0.1) is 0 Å². The fraction of sp³-hybridized carbons (Fsp3) is 0.545. The molecule has 0 N–H and O–H groups in total. The van der Waals surface area contributed by atoms with Crippen LogP contribution in [0.15, 0.2) is 60.7 Å². The van der Waals surface area contributed by atoms with Crippen molar-refractivity contribution in [2.24, 2.45) is 11.8 Å². The fourth-order valence-corrected chi connectivity index (χ4v) is 6.81. The number of hydrogen-bond donors (Lipinski definition) is 0. The monoisotopic (exact) mass is 456 g/mol. The number of carbonyl (C=O) groups is 1. The van der Waals surface area contributed by atoms with Gasteiger partial charge in [0.2, 0.25) is 0 Å². The lowest BCUT2D eigenvalue weighted by molar-refractivity contribution is -0.120. The summed E-state index contributed by atoms with van der Waals surface area (Å²) in [4.78, 5) is 12.9. The maximum Gasteiger partial charge on any atom is 0.133 e. The summed E-state index contributed by atoms with van der Waals surface area (Å²) in [5.41, 5.74) is 6.31. The molecule has 0 bridgehead atoms. The van der Waals surface area contributed by atoms with Crippen LogP contribution in [0.4, 0.5) is 0 Å². The minimum Gasteiger partial charge on any atom is -0.300 e. The zero-order chi connectivity index (χ0) is 24.0. The molecular formula is C33H44O. The maximum absolute atomic E-state index is 12.9. The molecule has 2 aliphatic rings. The molecule has 2 aliphatic carbocycles. The van der Waals surface area contributed by atoms with Gasteiger partial charge >= 0.3 is 0 Å². The van der Waals surface area contributed by atoms with Gasteiger partial charge in [-0.15, -0.1) is 0 Å². The third-order valence-electron chi connectivity index (χ3n) is 8.92. The predicted molar refractivity (Wildman–Crippen MR) is 145 cm³/mol. The van der Waals surface area contributed by atoms with Crippen molar-refractivity contribution in [3.05, 3.63) is 77.4 Å². The summed E-state index contributed by atoms with van der Waals surface area (Å²) in [6.07, 6.45) is 14.7. The third kappa shape index (κ3) is 5.56. The van der Waals surface area contributed by atoms with E-state index >= 15 is 0 Å². The van der Waals surface area contributed by atoms with Gasteiger partial charge in [0.25, 0.3) is 0 Å². The molecule has 0 aromatic heterocycles. The van der Waals surface area contributed by atoms with E-state index in [1.54, 1.807) is 5.57 Å². The molecule has 0 aliphatic heterocycles. The summed E-state index contributed by atoms with van der Waals surface area (Å²) in [7, 11) is 0. The van der Waals surface area contributed by atoms with Crippen LogP contribution < -0.4 is 0 Å². The van der Waals surface area contributed by atoms with Crippen molar-refractivity contribution in [3.8, 4) is 0 Å². The Hall–Kier alpha value is -2.15. The van der Waals surface area contributed by atoms with Crippen LogP contribution in [-0.4, -0.2) is 5.78 Å². The van der Waals surface area contributed by atoms with Crippen LogP contribution in [0.1, 0.15) is 114 Å². The lowest BCUT2D eigenvalue weighted by Crippen LogP contribution is -2.31. The van der Waals surface area contributed by atoms with Crippen LogP contribution in [0, 0.1) is 11.8 Å². The Balaban J connectivity index is 1.26. The number of carbonyl (C=O) groups excluding carboxylic acids is 1. The van der Waals surface area contributed by atoms with Gasteiger partial charge in [-0.3, -0.25) is 4.79 Å². The van der Waals surface area contributed by atoms with Crippen molar-refractivity contribution < 1.29 is 4.79 Å². The first-order valence-corrected chi connectivity index (χ1v) is 13.9. The summed E-state index contributed by atoms with van der Waals surface area (Å²) in [6, 6.07) is 20.0. The van der Waals surface area contributed by atoms with Crippen molar-refractivity contribution in [1.82, 2.24) is 0 Å². The average Bonchev–Trinajstić information content (AvgIpc) is 3.21. The predicted octanol–water partition coefficient (Wildman–Crippen LogP) is 9.27. The standard InChI is InChI=1S/C33H44O/c1-4-12-27(32-23-25(3)30-17-9-10-18-31(30)32)13-11-16-29(34)24-26-19-21-33(5-2,22-20-26)28-14-7-6-8-15-28/h6-10,14-15,17-18,23,25-27H,4-5,11-13,16,19-22,24H2,1-3H3. The second-order valence-electron chi connectivity index (χ2n) is 11.1. The van der Waals surface area contributed by atoms with Crippen LogP contribution in [-0.2, 0) is 10.2 Å². The highest BCUT2D eigenvalue weighted by atomic mass is 16.1. The highest BCUT2D eigenvalue weighted by Crippen LogP contribution is 2.45. The molecule has 0 radical (unpaired) electrons. The van der Waals surface area contributed by atoms with E-state index in [9.17, 15) is 4.79 Å². The van der Waals surface area contributed by atoms with Crippen LogP contribution in [0.25, 0.3) is 5.57 Å². The molecule has 0 amide bonds. The zero-order valence-corrected chi connectivity index (χ0v) is 21.7. The van der Waals surface area contributed by atoms with Gasteiger partial charge in [0, 0.05) is 18.8 Å². The maximum atomic E-state index is 12.9. The van der Waals surface area contributed by atoms with Crippen LogP contribution in [0.5, 0.6) is 0 Å². The normalized spacial score (nSPS) is 25.0. The molecule has 34 heavy (non-hydrogen) atoms. The summed E-state index contributed by atoms with van der Waals surface area (Å²) >= 11 is 0. The van der Waals surface area contributed by atoms with Crippen molar-refractivity contribution in [2.75, 3.05) is 0 Å². The minimum absolute atomic E-state index is 0.330. The van der Waals surface area contributed by atoms with Crippen LogP contribution in [0.3, 0.4) is 0 Å². The summed E-state index contributed by atoms with van der Waals surface area (Å²) in [5, 5.41) is 0. The Bertz CT molecular complexity index is 961. The molecule has 0 heterocycles. The minimum atomic E-state index is 0.330. The first kappa shape index (κ1) is 25.0. The number of fused-ring (bicyclic) bond motifs is 1. The largest absolute Gasteiger partial charge is 0.300 e. The molecule has 4 rings (SSSR count). The van der Waals surface area contributed by atoms with Gasteiger partial charge in [-0.25, -0.2) is 0 Å². The molecule has 0 saturated heterocycles. The number of benzene rings is 2. The zero-order valence-electron chi connectivity index (χ0n) is 21.7. The first-order valence-electron chi connectivity index (χ1n) is 13.9. The second kappa shape index (κ2) is 11.5. The van der Waals surface area contributed by atoms with Gasteiger partial charge in [-0.05, 0) is 90.9 Å². The molecule has 1 fully saturated rings. The van der Waals surface area contributed by atoms with Crippen molar-refractivity contribution in [2.45, 2.75) is 103 Å². The smallest absolute Gasteiger partial charge is 0.133 e. The summed E-state index contributed by atoms with van der Waals surface area (Å²) < 4.78 is 0. The summed E-state index contributed by atoms with van der Waals surface area (Å²) in [6.45, 7) is 6.94. The van der Waals surface area contributed by atoms with E-state index in [1.807, 2.05) is 0 Å². The van der Waals surface area contributed by atoms with E-state index in [0.717, 1.165) is 25.7 Å². The Morgan fingerprint density at radius 1 is 0.971 bits per heavy atom. The number of rotatable bonds is 11. The van der Waals surface area contributed by atoms with E-state index in [0.29, 0.717) is 29.0 Å². The van der Waals surface area contributed by atoms with Crippen molar-refractivity contribution in [3.63, 3.8) is 0 Å². The number of hydrogen-bond acceptors (Lipinski definition) is 1. The van der Waals surface area contributed by atoms with Gasteiger partial charge in [0.15, 0.2) is 0 Å². The van der Waals surface area contributed by atoms with E-state index < -0.39 is 0 Å². The van der Waals surface area contributed by atoms with Gasteiger partial charge in [-0.2, -0.15) is 0 Å². The first-order chi connectivity index (χ1) is 16.6. The highest BCUT2D eigenvalue weighted by Gasteiger charge is 2.35. The molecule has 2 aromatic carbocycles. The Labute approximate surface area is 208 Å². The highest BCUT2D eigenvalue weighted by molar-refractivity contribution is 5.79.